The molecule has 1 atom stereocenters. The summed E-state index contributed by atoms with van der Waals surface area (Å²) in [6.45, 7) is 2.89. The molecule has 1 unspecified atom stereocenters. The van der Waals surface area contributed by atoms with Gasteiger partial charge in [-0.2, -0.15) is 0 Å². The van der Waals surface area contributed by atoms with Crippen LogP contribution in [0.4, 0.5) is 0 Å². The molecule has 1 aromatic heterocycles. The highest BCUT2D eigenvalue weighted by atomic mass is 16.5. The van der Waals surface area contributed by atoms with Gasteiger partial charge in [0.2, 0.25) is 0 Å². The average Bonchev–Trinajstić information content (AvgIpc) is 2.56. The summed E-state index contributed by atoms with van der Waals surface area (Å²) in [7, 11) is 3.61. The molecule has 2 N–H and O–H groups in total. The van der Waals surface area contributed by atoms with Gasteiger partial charge in [0.25, 0.3) is 0 Å². The molecule has 4 nitrogen and oxygen atoms in total. The Morgan fingerprint density at radius 3 is 3.00 bits per heavy atom. The Hall–Kier alpha value is -0.870. The van der Waals surface area contributed by atoms with Gasteiger partial charge in [-0.3, -0.25) is 0 Å². The highest BCUT2D eigenvalue weighted by Crippen LogP contribution is 2.16. The topological polar surface area (TPSA) is 49.9 Å². The Morgan fingerprint density at radius 1 is 1.69 bits per heavy atom. The van der Waals surface area contributed by atoms with Gasteiger partial charge in [-0.05, 0) is 13.5 Å². The molecular formula is C9H17N3O. The molecule has 0 saturated heterocycles. The van der Waals surface area contributed by atoms with Crippen molar-refractivity contribution in [3.8, 4) is 0 Å². The van der Waals surface area contributed by atoms with Crippen molar-refractivity contribution in [3.05, 3.63) is 17.7 Å². The fourth-order valence-corrected chi connectivity index (χ4v) is 1.29. The molecule has 0 amide bonds. The van der Waals surface area contributed by atoms with Gasteiger partial charge in [-0.1, -0.05) is 6.92 Å². The van der Waals surface area contributed by atoms with Crippen LogP contribution in [0.1, 0.15) is 31.0 Å². The molecule has 1 aromatic rings. The normalized spacial score (nSPS) is 13.2. The van der Waals surface area contributed by atoms with Crippen molar-refractivity contribution in [3.63, 3.8) is 0 Å². The first-order chi connectivity index (χ1) is 6.31. The van der Waals surface area contributed by atoms with Crippen LogP contribution in [0.2, 0.25) is 0 Å². The van der Waals surface area contributed by atoms with Crippen molar-refractivity contribution in [2.75, 3.05) is 14.2 Å². The number of imidazole rings is 1. The first-order valence-electron chi connectivity index (χ1n) is 4.53. The van der Waals surface area contributed by atoms with E-state index in [2.05, 4.69) is 22.2 Å². The minimum absolute atomic E-state index is 0.0885. The van der Waals surface area contributed by atoms with Crippen LogP contribution in [0.25, 0.3) is 0 Å². The molecule has 0 bridgehead atoms. The Labute approximate surface area is 78.7 Å². The lowest BCUT2D eigenvalue weighted by Crippen LogP contribution is -2.06. The Kier molecular flexibility index (Phi) is 3.92. The number of methoxy groups -OCH3 is 1. The number of aromatic nitrogens is 2. The predicted molar refractivity (Wildman–Crippen MR) is 51.4 cm³/mol. The zero-order valence-electron chi connectivity index (χ0n) is 8.42. The van der Waals surface area contributed by atoms with Crippen LogP contribution < -0.4 is 5.32 Å². The maximum absolute atomic E-state index is 5.26. The molecule has 1 rings (SSSR count). The second-order valence-corrected chi connectivity index (χ2v) is 2.96. The molecule has 0 fully saturated rings. The summed E-state index contributed by atoms with van der Waals surface area (Å²) in [6.07, 6.45) is 2.86. The largest absolute Gasteiger partial charge is 0.374 e. The molecule has 0 aliphatic carbocycles. The van der Waals surface area contributed by atoms with Crippen LogP contribution in [-0.4, -0.2) is 24.1 Å². The molecule has 1 heterocycles. The summed E-state index contributed by atoms with van der Waals surface area (Å²) in [5.41, 5.74) is 1.09. The molecule has 4 heteroatoms. The van der Waals surface area contributed by atoms with E-state index in [1.807, 2.05) is 13.2 Å². The van der Waals surface area contributed by atoms with E-state index in [0.29, 0.717) is 0 Å². The zero-order chi connectivity index (χ0) is 9.68. The predicted octanol–water partition coefficient (Wildman–Crippen LogP) is 1.23. The van der Waals surface area contributed by atoms with Gasteiger partial charge < -0.3 is 15.0 Å². The lowest BCUT2D eigenvalue weighted by atomic mass is 10.3. The van der Waals surface area contributed by atoms with E-state index in [0.717, 1.165) is 24.5 Å². The van der Waals surface area contributed by atoms with E-state index in [-0.39, 0.29) is 6.10 Å². The van der Waals surface area contributed by atoms with Gasteiger partial charge in [-0.25, -0.2) is 4.98 Å². The van der Waals surface area contributed by atoms with E-state index >= 15 is 0 Å². The van der Waals surface area contributed by atoms with Crippen molar-refractivity contribution >= 4 is 0 Å². The third-order valence-corrected chi connectivity index (χ3v) is 1.98. The maximum atomic E-state index is 5.26. The number of aromatic amines is 1. The Balaban J connectivity index is 2.66. The lowest BCUT2D eigenvalue weighted by molar-refractivity contribution is 0.0932. The van der Waals surface area contributed by atoms with Crippen LogP contribution in [0.5, 0.6) is 0 Å². The second kappa shape index (κ2) is 4.99. The van der Waals surface area contributed by atoms with E-state index in [1.165, 1.54) is 0 Å². The summed E-state index contributed by atoms with van der Waals surface area (Å²) < 4.78 is 5.26. The minimum Gasteiger partial charge on any atom is -0.374 e. The van der Waals surface area contributed by atoms with Crippen molar-refractivity contribution < 1.29 is 4.74 Å². The molecule has 13 heavy (non-hydrogen) atoms. The fraction of sp³-hybridized carbons (Fsp3) is 0.667. The first-order valence-corrected chi connectivity index (χ1v) is 4.53. The quantitative estimate of drug-likeness (QED) is 0.721. The highest BCUT2D eigenvalue weighted by Gasteiger charge is 2.10. The number of H-pyrrole nitrogens is 1. The van der Waals surface area contributed by atoms with Crippen LogP contribution >= 0.6 is 0 Å². The molecule has 0 saturated carbocycles. The summed E-state index contributed by atoms with van der Waals surface area (Å²) in [4.78, 5) is 7.47. The van der Waals surface area contributed by atoms with Crippen molar-refractivity contribution in [1.82, 2.24) is 15.3 Å². The van der Waals surface area contributed by atoms with Crippen LogP contribution in [0, 0.1) is 0 Å². The summed E-state index contributed by atoms with van der Waals surface area (Å²) in [5, 5.41) is 3.06. The van der Waals surface area contributed by atoms with Crippen LogP contribution in [-0.2, 0) is 11.3 Å². The second-order valence-electron chi connectivity index (χ2n) is 2.96. The molecular weight excluding hydrogens is 166 g/mol. The molecule has 0 aromatic carbocycles. The number of ether oxygens (including phenoxy) is 1. The van der Waals surface area contributed by atoms with E-state index in [4.69, 9.17) is 4.74 Å². The molecule has 0 spiro atoms. The van der Waals surface area contributed by atoms with Crippen LogP contribution in [0.3, 0.4) is 0 Å². The van der Waals surface area contributed by atoms with Gasteiger partial charge in [0, 0.05) is 25.5 Å². The Bertz CT molecular complexity index is 243. The van der Waals surface area contributed by atoms with Crippen molar-refractivity contribution in [2.45, 2.75) is 26.0 Å². The van der Waals surface area contributed by atoms with Crippen molar-refractivity contribution in [2.24, 2.45) is 0 Å². The molecule has 74 valence electrons. The standard InChI is InChI=1S/C9H17N3O/c1-4-8(13-3)9-11-6-7(12-9)5-10-2/h6,8,10H,4-5H2,1-3H3,(H,11,12). The van der Waals surface area contributed by atoms with Gasteiger partial charge in [0.15, 0.2) is 0 Å². The van der Waals surface area contributed by atoms with E-state index < -0.39 is 0 Å². The SMILES string of the molecule is CCC(OC)c1ncc(CNC)[nH]1. The van der Waals surface area contributed by atoms with E-state index in [1.54, 1.807) is 7.11 Å². The monoisotopic (exact) mass is 183 g/mol. The lowest BCUT2D eigenvalue weighted by Gasteiger charge is -2.08. The smallest absolute Gasteiger partial charge is 0.135 e. The zero-order valence-corrected chi connectivity index (χ0v) is 8.42. The molecule has 0 aliphatic rings. The molecule has 0 radical (unpaired) electrons. The average molecular weight is 183 g/mol. The van der Waals surface area contributed by atoms with Gasteiger partial charge in [0.05, 0.1) is 0 Å². The van der Waals surface area contributed by atoms with Gasteiger partial charge >= 0.3 is 0 Å². The first kappa shape index (κ1) is 10.2. The number of rotatable bonds is 5. The molecule has 0 aliphatic heterocycles. The minimum atomic E-state index is 0.0885. The third kappa shape index (κ3) is 2.54. The number of hydrogen-bond acceptors (Lipinski definition) is 3. The summed E-state index contributed by atoms with van der Waals surface area (Å²) in [5.74, 6) is 0.912. The number of nitrogens with one attached hydrogen (secondary N) is 2. The number of nitrogens with zero attached hydrogens (tertiary/aromatic N) is 1. The van der Waals surface area contributed by atoms with Gasteiger partial charge in [0.1, 0.15) is 11.9 Å². The van der Waals surface area contributed by atoms with Gasteiger partial charge in [-0.15, -0.1) is 0 Å². The van der Waals surface area contributed by atoms with Crippen molar-refractivity contribution in [1.29, 1.82) is 0 Å². The van der Waals surface area contributed by atoms with Crippen LogP contribution in [0.15, 0.2) is 6.20 Å². The maximum Gasteiger partial charge on any atom is 0.135 e. The summed E-state index contributed by atoms with van der Waals surface area (Å²) in [6, 6.07) is 0. The van der Waals surface area contributed by atoms with E-state index in [9.17, 15) is 0 Å². The summed E-state index contributed by atoms with van der Waals surface area (Å²) >= 11 is 0. The third-order valence-electron chi connectivity index (χ3n) is 1.98. The Morgan fingerprint density at radius 2 is 2.46 bits per heavy atom. The fourth-order valence-electron chi connectivity index (χ4n) is 1.29. The highest BCUT2D eigenvalue weighted by molar-refractivity contribution is 5.03. The number of hydrogen-bond donors (Lipinski definition) is 2.